The lowest BCUT2D eigenvalue weighted by atomic mass is 9.96. The first-order chi connectivity index (χ1) is 7.61. The number of nitrogens with two attached hydrogens (primary N) is 1. The smallest absolute Gasteiger partial charge is 0.338 e. The van der Waals surface area contributed by atoms with Gasteiger partial charge < -0.3 is 15.6 Å². The van der Waals surface area contributed by atoms with Gasteiger partial charge in [-0.25, -0.2) is 4.79 Å². The molecule has 0 heterocycles. The summed E-state index contributed by atoms with van der Waals surface area (Å²) in [5.41, 5.74) is 6.91. The van der Waals surface area contributed by atoms with E-state index in [1.54, 1.807) is 24.3 Å². The van der Waals surface area contributed by atoms with E-state index < -0.39 is 18.1 Å². The van der Waals surface area contributed by atoms with Crippen LogP contribution in [0.15, 0.2) is 24.3 Å². The van der Waals surface area contributed by atoms with Gasteiger partial charge in [0.15, 0.2) is 0 Å². The van der Waals surface area contributed by atoms with Gasteiger partial charge in [0.2, 0.25) is 0 Å². The van der Waals surface area contributed by atoms with Crippen molar-refractivity contribution in [2.24, 2.45) is 5.73 Å². The first-order valence-corrected chi connectivity index (χ1v) is 5.22. The fraction of sp³-hybridized carbons (Fsp3) is 0.417. The van der Waals surface area contributed by atoms with Crippen molar-refractivity contribution < 1.29 is 14.6 Å². The number of methoxy groups -OCH3 is 1. The second-order valence-corrected chi connectivity index (χ2v) is 3.58. The predicted molar refractivity (Wildman–Crippen MR) is 68.3 cm³/mol. The number of benzene rings is 1. The van der Waals surface area contributed by atoms with Gasteiger partial charge in [-0.2, -0.15) is 0 Å². The van der Waals surface area contributed by atoms with Crippen LogP contribution in [0.5, 0.6) is 0 Å². The van der Waals surface area contributed by atoms with Gasteiger partial charge in [0, 0.05) is 0 Å². The van der Waals surface area contributed by atoms with E-state index in [0.29, 0.717) is 17.5 Å². The van der Waals surface area contributed by atoms with Crippen LogP contribution in [0.4, 0.5) is 0 Å². The molecule has 0 aliphatic carbocycles. The number of rotatable bonds is 4. The Morgan fingerprint density at radius 3 is 2.59 bits per heavy atom. The Bertz CT molecular complexity index is 371. The van der Waals surface area contributed by atoms with Gasteiger partial charge in [0.05, 0.1) is 24.8 Å². The summed E-state index contributed by atoms with van der Waals surface area (Å²) in [6, 6.07) is 6.32. The molecule has 4 nitrogen and oxygen atoms in total. The van der Waals surface area contributed by atoms with E-state index in [0.717, 1.165) is 0 Å². The zero-order chi connectivity index (χ0) is 12.1. The summed E-state index contributed by atoms with van der Waals surface area (Å²) in [7, 11) is 1.32. The van der Waals surface area contributed by atoms with Crippen molar-refractivity contribution in [3.8, 4) is 0 Å². The van der Waals surface area contributed by atoms with Crippen molar-refractivity contribution in [2.75, 3.05) is 7.11 Å². The van der Waals surface area contributed by atoms with Crippen molar-refractivity contribution in [2.45, 2.75) is 25.5 Å². The number of hydrogen-bond acceptors (Lipinski definition) is 4. The number of carbonyl (C=O) groups is 1. The highest BCUT2D eigenvalue weighted by molar-refractivity contribution is 5.91. The number of aliphatic hydroxyl groups excluding tert-OH is 1. The quantitative estimate of drug-likeness (QED) is 0.807. The predicted octanol–water partition coefficient (Wildman–Crippen LogP) is 1.67. The molecular weight excluding hydrogens is 242 g/mol. The summed E-state index contributed by atoms with van der Waals surface area (Å²) < 4.78 is 4.66. The van der Waals surface area contributed by atoms with Crippen LogP contribution in [0.1, 0.15) is 35.3 Å². The zero-order valence-electron chi connectivity index (χ0n) is 9.92. The second kappa shape index (κ2) is 7.27. The molecule has 1 aromatic rings. The van der Waals surface area contributed by atoms with Crippen molar-refractivity contribution >= 4 is 18.4 Å². The van der Waals surface area contributed by atoms with Crippen LogP contribution in [-0.4, -0.2) is 24.3 Å². The lowest BCUT2D eigenvalue weighted by molar-refractivity contribution is 0.0596. The fourth-order valence-corrected chi connectivity index (χ4v) is 1.54. The van der Waals surface area contributed by atoms with E-state index >= 15 is 0 Å². The topological polar surface area (TPSA) is 72.5 Å². The molecule has 0 aliphatic heterocycles. The Morgan fingerprint density at radius 2 is 2.06 bits per heavy atom. The normalized spacial score (nSPS) is 13.4. The zero-order valence-corrected chi connectivity index (χ0v) is 10.7. The highest BCUT2D eigenvalue weighted by atomic mass is 35.5. The van der Waals surface area contributed by atoms with Gasteiger partial charge in [0.25, 0.3) is 0 Å². The molecule has 0 aromatic heterocycles. The molecule has 0 fully saturated rings. The summed E-state index contributed by atoms with van der Waals surface area (Å²) in [5, 5.41) is 9.68. The van der Waals surface area contributed by atoms with Crippen molar-refractivity contribution in [3.63, 3.8) is 0 Å². The third-order valence-corrected chi connectivity index (χ3v) is 2.56. The molecule has 0 saturated heterocycles. The first-order valence-electron chi connectivity index (χ1n) is 5.22. The summed E-state index contributed by atoms with van der Waals surface area (Å²) >= 11 is 0. The second-order valence-electron chi connectivity index (χ2n) is 3.58. The highest BCUT2D eigenvalue weighted by Crippen LogP contribution is 2.21. The standard InChI is InChI=1S/C12H17NO3.ClH/c1-3-10(14)11(13)8-6-4-5-7-9(8)12(15)16-2;/h4-7,10-11,14H,3,13H2,1-2H3;1H/t10-,11+;/m1./s1. The first kappa shape index (κ1) is 15.9. The summed E-state index contributed by atoms with van der Waals surface area (Å²) in [6.07, 6.45) is -0.123. The van der Waals surface area contributed by atoms with Gasteiger partial charge in [-0.15, -0.1) is 12.4 Å². The van der Waals surface area contributed by atoms with Crippen LogP contribution in [0.25, 0.3) is 0 Å². The van der Waals surface area contributed by atoms with Gasteiger partial charge in [-0.05, 0) is 18.1 Å². The maximum absolute atomic E-state index is 11.5. The highest BCUT2D eigenvalue weighted by Gasteiger charge is 2.21. The molecule has 0 bridgehead atoms. The Labute approximate surface area is 107 Å². The van der Waals surface area contributed by atoms with Crippen molar-refractivity contribution in [1.82, 2.24) is 0 Å². The molecule has 3 N–H and O–H groups in total. The van der Waals surface area contributed by atoms with Gasteiger partial charge in [-0.1, -0.05) is 25.1 Å². The molecule has 0 spiro atoms. The van der Waals surface area contributed by atoms with E-state index in [9.17, 15) is 9.90 Å². The average molecular weight is 260 g/mol. The Balaban J connectivity index is 0.00000256. The minimum absolute atomic E-state index is 0. The number of hydrogen-bond donors (Lipinski definition) is 2. The maximum Gasteiger partial charge on any atom is 0.338 e. The molecule has 1 aromatic carbocycles. The van der Waals surface area contributed by atoms with E-state index in [1.165, 1.54) is 7.11 Å². The third-order valence-electron chi connectivity index (χ3n) is 2.56. The van der Waals surface area contributed by atoms with E-state index in [2.05, 4.69) is 4.74 Å². The SMILES string of the molecule is CC[C@@H](O)[C@@H](N)c1ccccc1C(=O)OC.Cl. The Kier molecular flexibility index (Phi) is 6.80. The molecule has 2 atom stereocenters. The van der Waals surface area contributed by atoms with E-state index in [4.69, 9.17) is 5.73 Å². The van der Waals surface area contributed by atoms with Crippen LogP contribution in [-0.2, 0) is 4.74 Å². The monoisotopic (exact) mass is 259 g/mol. The largest absolute Gasteiger partial charge is 0.465 e. The number of ether oxygens (including phenoxy) is 1. The Hall–Kier alpha value is -1.10. The van der Waals surface area contributed by atoms with Gasteiger partial charge in [0.1, 0.15) is 0 Å². The maximum atomic E-state index is 11.5. The average Bonchev–Trinajstić information content (AvgIpc) is 2.35. The fourth-order valence-electron chi connectivity index (χ4n) is 1.54. The Morgan fingerprint density at radius 1 is 1.47 bits per heavy atom. The molecule has 0 saturated carbocycles. The molecule has 0 radical (unpaired) electrons. The number of halogens is 1. The number of aliphatic hydroxyl groups is 1. The molecule has 5 heteroatoms. The van der Waals surface area contributed by atoms with Crippen LogP contribution in [0.3, 0.4) is 0 Å². The molecular formula is C12H18ClNO3. The van der Waals surface area contributed by atoms with Crippen LogP contribution >= 0.6 is 12.4 Å². The van der Waals surface area contributed by atoms with Crippen molar-refractivity contribution in [1.29, 1.82) is 0 Å². The van der Waals surface area contributed by atoms with Gasteiger partial charge >= 0.3 is 5.97 Å². The lowest BCUT2D eigenvalue weighted by Gasteiger charge is -2.19. The molecule has 96 valence electrons. The summed E-state index contributed by atoms with van der Waals surface area (Å²) in [5.74, 6) is -0.436. The number of carbonyl (C=O) groups excluding carboxylic acids is 1. The third kappa shape index (κ3) is 3.70. The van der Waals surface area contributed by atoms with Crippen molar-refractivity contribution in [3.05, 3.63) is 35.4 Å². The van der Waals surface area contributed by atoms with Crippen LogP contribution in [0.2, 0.25) is 0 Å². The molecule has 0 amide bonds. The molecule has 0 aliphatic rings. The minimum atomic E-state index is -0.661. The van der Waals surface area contributed by atoms with Crippen LogP contribution < -0.4 is 5.73 Å². The van der Waals surface area contributed by atoms with Crippen LogP contribution in [0, 0.1) is 0 Å². The lowest BCUT2D eigenvalue weighted by Crippen LogP contribution is -2.27. The molecule has 1 rings (SSSR count). The minimum Gasteiger partial charge on any atom is -0.465 e. The summed E-state index contributed by atoms with van der Waals surface area (Å²) in [4.78, 5) is 11.5. The van der Waals surface area contributed by atoms with E-state index in [-0.39, 0.29) is 12.4 Å². The molecule has 17 heavy (non-hydrogen) atoms. The number of esters is 1. The summed E-state index contributed by atoms with van der Waals surface area (Å²) in [6.45, 7) is 1.84. The van der Waals surface area contributed by atoms with Gasteiger partial charge in [-0.3, -0.25) is 0 Å². The molecule has 0 unspecified atom stereocenters. The van der Waals surface area contributed by atoms with E-state index in [1.807, 2.05) is 6.92 Å².